The van der Waals surface area contributed by atoms with Gasteiger partial charge in [-0.25, -0.2) is 0 Å². The Morgan fingerprint density at radius 1 is 1.32 bits per heavy atom. The van der Waals surface area contributed by atoms with Gasteiger partial charge >= 0.3 is 0 Å². The molecule has 0 spiro atoms. The van der Waals surface area contributed by atoms with Gasteiger partial charge in [-0.15, -0.1) is 0 Å². The lowest BCUT2D eigenvalue weighted by atomic mass is 10.1. The summed E-state index contributed by atoms with van der Waals surface area (Å²) in [6.07, 6.45) is 0.212. The molecule has 110 valence electrons. The van der Waals surface area contributed by atoms with E-state index in [4.69, 9.17) is 10.2 Å². The van der Waals surface area contributed by atoms with Gasteiger partial charge in [0.1, 0.15) is 0 Å². The maximum atomic E-state index is 12.3. The number of aliphatic hydroxyl groups is 2. The quantitative estimate of drug-likeness (QED) is 0.703. The third-order valence-corrected chi connectivity index (χ3v) is 3.34. The number of carbonyl (C=O) groups is 2. The average Bonchev–Trinajstić information content (AvgIpc) is 2.70. The van der Waals surface area contributed by atoms with E-state index in [1.165, 1.54) is 4.90 Å². The molecule has 2 amide bonds. The molecule has 6 nitrogen and oxygen atoms in total. The van der Waals surface area contributed by atoms with Crippen molar-refractivity contribution in [3.63, 3.8) is 0 Å². The number of hydrogen-bond acceptors (Lipinski definition) is 4. The van der Waals surface area contributed by atoms with Gasteiger partial charge in [0.05, 0.1) is 19.1 Å². The second-order valence-corrected chi connectivity index (χ2v) is 5.85. The predicted molar refractivity (Wildman–Crippen MR) is 70.3 cm³/mol. The summed E-state index contributed by atoms with van der Waals surface area (Å²) in [5, 5.41) is 17.9. The zero-order chi connectivity index (χ0) is 14.6. The lowest BCUT2D eigenvalue weighted by molar-refractivity contribution is -0.136. The summed E-state index contributed by atoms with van der Waals surface area (Å²) in [4.78, 5) is 27.3. The minimum absolute atomic E-state index is 0.0150. The fourth-order valence-electron chi connectivity index (χ4n) is 2.35. The Morgan fingerprint density at radius 3 is 2.21 bits per heavy atom. The van der Waals surface area contributed by atoms with Gasteiger partial charge in [-0.05, 0) is 20.8 Å². The fourth-order valence-corrected chi connectivity index (χ4v) is 2.35. The lowest BCUT2D eigenvalue weighted by Crippen LogP contribution is -2.44. The highest BCUT2D eigenvalue weighted by Crippen LogP contribution is 2.26. The van der Waals surface area contributed by atoms with Crippen LogP contribution in [0, 0.1) is 5.92 Å². The molecule has 2 N–H and O–H groups in total. The first kappa shape index (κ1) is 15.9. The van der Waals surface area contributed by atoms with Crippen LogP contribution in [0.4, 0.5) is 0 Å². The second kappa shape index (κ2) is 6.34. The molecule has 1 atom stereocenters. The number of likely N-dealkylation sites (tertiary alicyclic amines) is 1. The van der Waals surface area contributed by atoms with Crippen molar-refractivity contribution in [2.24, 2.45) is 5.92 Å². The molecule has 1 heterocycles. The van der Waals surface area contributed by atoms with Crippen LogP contribution in [0.2, 0.25) is 0 Å². The molecule has 0 bridgehead atoms. The molecule has 1 rings (SSSR count). The van der Waals surface area contributed by atoms with Crippen molar-refractivity contribution in [3.05, 3.63) is 0 Å². The maximum absolute atomic E-state index is 12.3. The molecule has 0 saturated carbocycles. The van der Waals surface area contributed by atoms with E-state index in [1.54, 1.807) is 4.90 Å². The van der Waals surface area contributed by atoms with Gasteiger partial charge in [-0.1, -0.05) is 0 Å². The van der Waals surface area contributed by atoms with E-state index in [1.807, 2.05) is 20.8 Å². The highest BCUT2D eigenvalue weighted by Gasteiger charge is 2.40. The molecular formula is C13H24N2O4. The third-order valence-electron chi connectivity index (χ3n) is 3.34. The van der Waals surface area contributed by atoms with Gasteiger partial charge in [-0.3, -0.25) is 9.59 Å². The zero-order valence-corrected chi connectivity index (χ0v) is 11.9. The topological polar surface area (TPSA) is 81.1 Å². The van der Waals surface area contributed by atoms with Crippen molar-refractivity contribution < 1.29 is 19.8 Å². The van der Waals surface area contributed by atoms with E-state index in [0.717, 1.165) is 0 Å². The van der Waals surface area contributed by atoms with E-state index in [2.05, 4.69) is 0 Å². The van der Waals surface area contributed by atoms with Crippen LogP contribution < -0.4 is 0 Å². The smallest absolute Gasteiger partial charge is 0.228 e. The predicted octanol–water partition coefficient (Wildman–Crippen LogP) is -0.553. The van der Waals surface area contributed by atoms with Gasteiger partial charge in [0.15, 0.2) is 0 Å². The first-order valence-corrected chi connectivity index (χ1v) is 6.62. The van der Waals surface area contributed by atoms with E-state index >= 15 is 0 Å². The van der Waals surface area contributed by atoms with Crippen molar-refractivity contribution in [1.29, 1.82) is 0 Å². The summed E-state index contributed by atoms with van der Waals surface area (Å²) in [5.41, 5.74) is -0.287. The highest BCUT2D eigenvalue weighted by atomic mass is 16.3. The van der Waals surface area contributed by atoms with Crippen molar-refractivity contribution in [1.82, 2.24) is 9.80 Å². The SMILES string of the molecule is CC(C)(C)N1CC(C(=O)N(CCO)CCO)CC1=O. The summed E-state index contributed by atoms with van der Waals surface area (Å²) in [6.45, 7) is 6.34. The Bertz CT molecular complexity index is 332. The van der Waals surface area contributed by atoms with E-state index in [9.17, 15) is 9.59 Å². The average molecular weight is 272 g/mol. The Kier molecular flexibility index (Phi) is 5.31. The first-order chi connectivity index (χ1) is 8.81. The van der Waals surface area contributed by atoms with Crippen LogP contribution >= 0.6 is 0 Å². The van der Waals surface area contributed by atoms with Crippen molar-refractivity contribution in [2.75, 3.05) is 32.8 Å². The van der Waals surface area contributed by atoms with Crippen molar-refractivity contribution in [3.8, 4) is 0 Å². The standard InChI is InChI=1S/C13H24N2O4/c1-13(2,3)15-9-10(8-11(15)18)12(19)14(4-6-16)5-7-17/h10,16-17H,4-9H2,1-3H3. The van der Waals surface area contributed by atoms with Crippen LogP contribution in [0.1, 0.15) is 27.2 Å². The van der Waals surface area contributed by atoms with Crippen LogP contribution in [-0.4, -0.2) is 70.2 Å². The molecule has 0 radical (unpaired) electrons. The number of rotatable bonds is 5. The molecule has 0 aliphatic carbocycles. The van der Waals surface area contributed by atoms with Crippen LogP contribution in [0.3, 0.4) is 0 Å². The number of amides is 2. The monoisotopic (exact) mass is 272 g/mol. The van der Waals surface area contributed by atoms with E-state index in [0.29, 0.717) is 6.54 Å². The second-order valence-electron chi connectivity index (χ2n) is 5.85. The third kappa shape index (κ3) is 3.91. The van der Waals surface area contributed by atoms with Gasteiger partial charge in [0.2, 0.25) is 11.8 Å². The zero-order valence-electron chi connectivity index (χ0n) is 11.9. The summed E-state index contributed by atoms with van der Waals surface area (Å²) >= 11 is 0. The van der Waals surface area contributed by atoms with E-state index < -0.39 is 0 Å². The molecule has 0 aromatic carbocycles. The Morgan fingerprint density at radius 2 is 1.84 bits per heavy atom. The fraction of sp³-hybridized carbons (Fsp3) is 0.846. The number of aliphatic hydroxyl groups excluding tert-OH is 2. The highest BCUT2D eigenvalue weighted by molar-refractivity contribution is 5.89. The summed E-state index contributed by atoms with van der Waals surface area (Å²) in [6, 6.07) is 0. The summed E-state index contributed by atoms with van der Waals surface area (Å²) in [7, 11) is 0. The van der Waals surface area contributed by atoms with Crippen molar-refractivity contribution >= 4 is 11.8 Å². The molecular weight excluding hydrogens is 248 g/mol. The molecule has 0 aromatic heterocycles. The molecule has 1 unspecified atom stereocenters. The Labute approximate surface area is 114 Å². The summed E-state index contributed by atoms with van der Waals surface area (Å²) in [5.74, 6) is -0.549. The van der Waals surface area contributed by atoms with Gasteiger partial charge in [0, 0.05) is 31.6 Å². The van der Waals surface area contributed by atoms with Crippen LogP contribution in [0.15, 0.2) is 0 Å². The van der Waals surface area contributed by atoms with Crippen LogP contribution in [0.5, 0.6) is 0 Å². The Hall–Kier alpha value is -1.14. The normalized spacial score (nSPS) is 19.9. The van der Waals surface area contributed by atoms with E-state index in [-0.39, 0.29) is 56.0 Å². The summed E-state index contributed by atoms with van der Waals surface area (Å²) < 4.78 is 0. The number of carbonyl (C=O) groups excluding carboxylic acids is 2. The largest absolute Gasteiger partial charge is 0.395 e. The Balaban J connectivity index is 2.71. The molecule has 1 saturated heterocycles. The number of hydrogen-bond donors (Lipinski definition) is 2. The molecule has 1 aliphatic heterocycles. The minimum Gasteiger partial charge on any atom is -0.395 e. The van der Waals surface area contributed by atoms with Crippen LogP contribution in [0.25, 0.3) is 0 Å². The van der Waals surface area contributed by atoms with Gasteiger partial charge < -0.3 is 20.0 Å². The van der Waals surface area contributed by atoms with Gasteiger partial charge in [-0.2, -0.15) is 0 Å². The van der Waals surface area contributed by atoms with Crippen LogP contribution in [-0.2, 0) is 9.59 Å². The first-order valence-electron chi connectivity index (χ1n) is 6.62. The molecule has 1 aliphatic rings. The molecule has 6 heteroatoms. The lowest BCUT2D eigenvalue weighted by Gasteiger charge is -2.32. The number of nitrogens with zero attached hydrogens (tertiary/aromatic N) is 2. The molecule has 0 aromatic rings. The van der Waals surface area contributed by atoms with Crippen molar-refractivity contribution in [2.45, 2.75) is 32.7 Å². The maximum Gasteiger partial charge on any atom is 0.228 e. The van der Waals surface area contributed by atoms with Gasteiger partial charge in [0.25, 0.3) is 0 Å². The minimum atomic E-state index is -0.371. The molecule has 1 fully saturated rings. The molecule has 19 heavy (non-hydrogen) atoms.